The number of anilines is 1. The molecule has 1 atom stereocenters. The molecular formula is C20H30N4O4S. The van der Waals surface area contributed by atoms with E-state index < -0.39 is 10.2 Å². The van der Waals surface area contributed by atoms with Crippen LogP contribution in [0.25, 0.3) is 10.9 Å². The first kappa shape index (κ1) is 21.6. The number of methoxy groups -OCH3 is 2. The Kier molecular flexibility index (Phi) is 6.81. The third-order valence-corrected chi connectivity index (χ3v) is 6.42. The fraction of sp³-hybridized carbons (Fsp3) is 0.550. The van der Waals surface area contributed by atoms with Crippen molar-refractivity contribution in [3.8, 4) is 11.5 Å². The van der Waals surface area contributed by atoms with Crippen LogP contribution >= 0.6 is 0 Å². The molecule has 1 aromatic carbocycles. The first-order chi connectivity index (χ1) is 13.8. The molecular weight excluding hydrogens is 392 g/mol. The third kappa shape index (κ3) is 5.29. The van der Waals surface area contributed by atoms with Crippen LogP contribution in [0.4, 0.5) is 5.69 Å². The molecule has 3 N–H and O–H groups in total. The lowest BCUT2D eigenvalue weighted by atomic mass is 9.83. The van der Waals surface area contributed by atoms with Gasteiger partial charge in [0.25, 0.3) is 10.2 Å². The molecule has 1 aliphatic rings. The van der Waals surface area contributed by atoms with Crippen molar-refractivity contribution in [1.82, 2.24) is 9.71 Å². The van der Waals surface area contributed by atoms with E-state index in [4.69, 9.17) is 14.6 Å². The van der Waals surface area contributed by atoms with Gasteiger partial charge in [-0.2, -0.15) is 8.42 Å². The van der Waals surface area contributed by atoms with Gasteiger partial charge in [-0.1, -0.05) is 6.92 Å². The number of ether oxygens (including phenoxy) is 2. The largest absolute Gasteiger partial charge is 0.493 e. The number of fused-ring (bicyclic) bond motifs is 1. The van der Waals surface area contributed by atoms with Crippen molar-refractivity contribution in [1.29, 1.82) is 0 Å². The molecule has 1 fully saturated rings. The summed E-state index contributed by atoms with van der Waals surface area (Å²) < 4.78 is 35.3. The zero-order chi connectivity index (χ0) is 21.0. The molecule has 0 saturated carbocycles. The lowest BCUT2D eigenvalue weighted by Crippen LogP contribution is -2.37. The maximum atomic E-state index is 11.0. The first-order valence-corrected chi connectivity index (χ1v) is 11.4. The molecule has 2 aromatic rings. The summed E-state index contributed by atoms with van der Waals surface area (Å²) in [4.78, 5) is 6.88. The number of piperidine rings is 1. The maximum Gasteiger partial charge on any atom is 0.274 e. The van der Waals surface area contributed by atoms with E-state index in [1.54, 1.807) is 14.2 Å². The van der Waals surface area contributed by atoms with Crippen molar-refractivity contribution in [3.63, 3.8) is 0 Å². The van der Waals surface area contributed by atoms with Crippen LogP contribution in [-0.4, -0.2) is 47.3 Å². The fourth-order valence-electron chi connectivity index (χ4n) is 4.11. The van der Waals surface area contributed by atoms with Gasteiger partial charge < -0.3 is 14.4 Å². The normalized spacial score (nSPS) is 16.8. The highest BCUT2D eigenvalue weighted by Crippen LogP contribution is 2.37. The summed E-state index contributed by atoms with van der Waals surface area (Å²) in [6.07, 6.45) is 4.74. The standard InChI is InChI=1S/C20H30N4O4S/c1-14(4-9-23-29(21,25)26)15-6-10-24(11-7-15)18-5-8-22-17-13-20(28-3)19(27-2)12-16(17)18/h5,8,12-15,23H,4,6-7,9-11H2,1-3H3,(H2,21,25,26). The van der Waals surface area contributed by atoms with E-state index in [0.29, 0.717) is 29.9 Å². The molecule has 0 bridgehead atoms. The fourth-order valence-corrected chi connectivity index (χ4v) is 4.51. The second-order valence-electron chi connectivity index (χ2n) is 7.58. The predicted molar refractivity (Wildman–Crippen MR) is 115 cm³/mol. The zero-order valence-electron chi connectivity index (χ0n) is 17.2. The number of rotatable bonds is 8. The van der Waals surface area contributed by atoms with Gasteiger partial charge in [-0.15, -0.1) is 0 Å². The van der Waals surface area contributed by atoms with E-state index in [9.17, 15) is 8.42 Å². The molecule has 1 unspecified atom stereocenters. The molecule has 0 amide bonds. The van der Waals surface area contributed by atoms with Crippen molar-refractivity contribution >= 4 is 26.8 Å². The smallest absolute Gasteiger partial charge is 0.274 e. The molecule has 29 heavy (non-hydrogen) atoms. The van der Waals surface area contributed by atoms with Crippen LogP contribution < -0.4 is 24.2 Å². The van der Waals surface area contributed by atoms with E-state index in [1.165, 1.54) is 0 Å². The number of aromatic nitrogens is 1. The van der Waals surface area contributed by atoms with Crippen LogP contribution in [0.15, 0.2) is 24.4 Å². The van der Waals surface area contributed by atoms with Gasteiger partial charge in [0, 0.05) is 43.0 Å². The third-order valence-electron chi connectivity index (χ3n) is 5.81. The van der Waals surface area contributed by atoms with Crippen molar-refractivity contribution in [2.24, 2.45) is 17.0 Å². The summed E-state index contributed by atoms with van der Waals surface area (Å²) in [5, 5.41) is 6.05. The number of benzene rings is 1. The van der Waals surface area contributed by atoms with Crippen LogP contribution in [0.1, 0.15) is 26.2 Å². The van der Waals surface area contributed by atoms with Gasteiger partial charge in [-0.25, -0.2) is 9.86 Å². The molecule has 0 radical (unpaired) electrons. The Balaban J connectivity index is 1.68. The van der Waals surface area contributed by atoms with E-state index in [-0.39, 0.29) is 0 Å². The molecule has 1 saturated heterocycles. The van der Waals surface area contributed by atoms with Gasteiger partial charge in [0.2, 0.25) is 0 Å². The number of hydrogen-bond donors (Lipinski definition) is 2. The van der Waals surface area contributed by atoms with Crippen LogP contribution in [0.3, 0.4) is 0 Å². The minimum Gasteiger partial charge on any atom is -0.493 e. The lowest BCUT2D eigenvalue weighted by molar-refractivity contribution is 0.280. The minimum absolute atomic E-state index is 0.386. The second kappa shape index (κ2) is 9.15. The average molecular weight is 423 g/mol. The summed E-state index contributed by atoms with van der Waals surface area (Å²) in [5.74, 6) is 2.37. The summed E-state index contributed by atoms with van der Waals surface area (Å²) in [6.45, 7) is 4.47. The van der Waals surface area contributed by atoms with Crippen molar-refractivity contribution in [2.45, 2.75) is 26.2 Å². The second-order valence-corrected chi connectivity index (χ2v) is 8.96. The number of nitrogens with one attached hydrogen (secondary N) is 1. The molecule has 160 valence electrons. The van der Waals surface area contributed by atoms with E-state index in [0.717, 1.165) is 48.9 Å². The maximum absolute atomic E-state index is 11.0. The number of nitrogens with zero attached hydrogens (tertiary/aromatic N) is 2. The van der Waals surface area contributed by atoms with E-state index in [1.807, 2.05) is 24.4 Å². The highest BCUT2D eigenvalue weighted by Gasteiger charge is 2.25. The van der Waals surface area contributed by atoms with Gasteiger partial charge >= 0.3 is 0 Å². The summed E-state index contributed by atoms with van der Waals surface area (Å²) >= 11 is 0. The van der Waals surface area contributed by atoms with Gasteiger partial charge in [0.15, 0.2) is 11.5 Å². The van der Waals surface area contributed by atoms with Crippen LogP contribution in [-0.2, 0) is 10.2 Å². The first-order valence-electron chi connectivity index (χ1n) is 9.85. The molecule has 0 aliphatic carbocycles. The Labute approximate surface area is 172 Å². The SMILES string of the molecule is COc1cc2nccc(N3CCC(C(C)CCNS(N)(=O)=O)CC3)c2cc1OC. The Morgan fingerprint density at radius 3 is 2.52 bits per heavy atom. The van der Waals surface area contributed by atoms with Crippen LogP contribution in [0.2, 0.25) is 0 Å². The van der Waals surface area contributed by atoms with Gasteiger partial charge in [0.1, 0.15) is 0 Å². The van der Waals surface area contributed by atoms with Gasteiger partial charge in [-0.05, 0) is 43.2 Å². The summed E-state index contributed by atoms with van der Waals surface area (Å²) in [7, 11) is -0.351. The monoisotopic (exact) mass is 422 g/mol. The van der Waals surface area contributed by atoms with Gasteiger partial charge in [0.05, 0.1) is 19.7 Å². The Bertz CT molecular complexity index is 943. The summed E-state index contributed by atoms with van der Waals surface area (Å²) in [5.41, 5.74) is 2.03. The van der Waals surface area contributed by atoms with Crippen LogP contribution in [0.5, 0.6) is 11.5 Å². The molecule has 1 aromatic heterocycles. The zero-order valence-corrected chi connectivity index (χ0v) is 18.0. The number of nitrogens with two attached hydrogens (primary N) is 1. The Morgan fingerprint density at radius 1 is 1.24 bits per heavy atom. The number of hydrogen-bond acceptors (Lipinski definition) is 6. The minimum atomic E-state index is -3.61. The van der Waals surface area contributed by atoms with Crippen molar-refractivity contribution in [3.05, 3.63) is 24.4 Å². The van der Waals surface area contributed by atoms with Gasteiger partial charge in [-0.3, -0.25) is 4.98 Å². The van der Waals surface area contributed by atoms with E-state index >= 15 is 0 Å². The molecule has 9 heteroatoms. The quantitative estimate of drug-likeness (QED) is 0.676. The van der Waals surface area contributed by atoms with E-state index in [2.05, 4.69) is 21.5 Å². The summed E-state index contributed by atoms with van der Waals surface area (Å²) in [6, 6.07) is 5.95. The molecule has 0 spiro atoms. The molecule has 8 nitrogen and oxygen atoms in total. The highest BCUT2D eigenvalue weighted by atomic mass is 32.2. The molecule has 2 heterocycles. The topological polar surface area (TPSA) is 107 Å². The predicted octanol–water partition coefficient (Wildman–Crippen LogP) is 2.29. The Hall–Kier alpha value is -2.10. The Morgan fingerprint density at radius 2 is 1.90 bits per heavy atom. The molecule has 1 aliphatic heterocycles. The number of pyridine rings is 1. The lowest BCUT2D eigenvalue weighted by Gasteiger charge is -2.36. The van der Waals surface area contributed by atoms with Crippen LogP contribution in [0, 0.1) is 11.8 Å². The molecule has 3 rings (SSSR count). The highest BCUT2D eigenvalue weighted by molar-refractivity contribution is 7.87. The van der Waals surface area contributed by atoms with Crippen molar-refractivity contribution < 1.29 is 17.9 Å². The average Bonchev–Trinajstić information content (AvgIpc) is 2.71. The van der Waals surface area contributed by atoms with Crippen molar-refractivity contribution in [2.75, 3.05) is 38.8 Å².